The Morgan fingerprint density at radius 1 is 1.78 bits per heavy atom. The summed E-state index contributed by atoms with van der Waals surface area (Å²) in [6.45, 7) is 1.76. The summed E-state index contributed by atoms with van der Waals surface area (Å²) in [6, 6.07) is 1.96. The van der Waals surface area contributed by atoms with E-state index in [1.165, 1.54) is 0 Å². The first-order chi connectivity index (χ1) is 4.25. The number of hydrogen-bond acceptors (Lipinski definition) is 3. The zero-order valence-corrected chi connectivity index (χ0v) is 6.25. The van der Waals surface area contributed by atoms with Gasteiger partial charge in [-0.3, -0.25) is 0 Å². The van der Waals surface area contributed by atoms with Crippen molar-refractivity contribution in [3.05, 3.63) is 15.6 Å². The van der Waals surface area contributed by atoms with Gasteiger partial charge in [-0.1, -0.05) is 11.6 Å². The molecule has 2 nitrogen and oxygen atoms in total. The highest BCUT2D eigenvalue weighted by Gasteiger charge is 2.05. The molecule has 0 unspecified atom stereocenters. The van der Waals surface area contributed by atoms with Gasteiger partial charge in [-0.25, -0.2) is 0 Å². The van der Waals surface area contributed by atoms with E-state index in [1.54, 1.807) is 6.92 Å². The lowest BCUT2D eigenvalue weighted by Crippen LogP contribution is -1.73. The number of aromatic nitrogens is 1. The number of nitriles is 1. The van der Waals surface area contributed by atoms with Crippen molar-refractivity contribution in [3.8, 4) is 6.07 Å². The van der Waals surface area contributed by atoms with Crippen molar-refractivity contribution in [2.45, 2.75) is 6.92 Å². The zero-order chi connectivity index (χ0) is 6.85. The van der Waals surface area contributed by atoms with Crippen LogP contribution >= 0.6 is 23.1 Å². The van der Waals surface area contributed by atoms with E-state index in [-0.39, 0.29) is 0 Å². The summed E-state index contributed by atoms with van der Waals surface area (Å²) in [5.41, 5.74) is 1.22. The molecule has 0 amide bonds. The molecule has 0 radical (unpaired) electrons. The van der Waals surface area contributed by atoms with Crippen molar-refractivity contribution in [2.24, 2.45) is 0 Å². The minimum Gasteiger partial charge on any atom is -0.195 e. The molecule has 0 saturated heterocycles. The lowest BCUT2D eigenvalue weighted by molar-refractivity contribution is 1.31. The van der Waals surface area contributed by atoms with Crippen LogP contribution in [0.3, 0.4) is 0 Å². The van der Waals surface area contributed by atoms with Crippen molar-refractivity contribution in [1.29, 1.82) is 5.26 Å². The zero-order valence-electron chi connectivity index (χ0n) is 4.68. The first kappa shape index (κ1) is 6.53. The lowest BCUT2D eigenvalue weighted by atomic mass is 10.3. The summed E-state index contributed by atoms with van der Waals surface area (Å²) in [7, 11) is 0. The third-order valence-electron chi connectivity index (χ3n) is 0.933. The molecule has 0 N–H and O–H groups in total. The number of hydrogen-bond donors (Lipinski definition) is 0. The third-order valence-corrected chi connectivity index (χ3v) is 2.06. The van der Waals surface area contributed by atoms with Crippen molar-refractivity contribution in [2.75, 3.05) is 0 Å². The van der Waals surface area contributed by atoms with E-state index in [4.69, 9.17) is 16.9 Å². The van der Waals surface area contributed by atoms with Crippen LogP contribution in [0.5, 0.6) is 0 Å². The maximum absolute atomic E-state index is 8.42. The van der Waals surface area contributed by atoms with Crippen molar-refractivity contribution >= 4 is 23.1 Å². The van der Waals surface area contributed by atoms with Crippen LogP contribution in [0.2, 0.25) is 4.34 Å². The van der Waals surface area contributed by atoms with Gasteiger partial charge in [-0.2, -0.15) is 9.64 Å². The largest absolute Gasteiger partial charge is 0.195 e. The second-order valence-corrected chi connectivity index (χ2v) is 2.90. The fourth-order valence-corrected chi connectivity index (χ4v) is 1.34. The van der Waals surface area contributed by atoms with Crippen molar-refractivity contribution in [3.63, 3.8) is 0 Å². The van der Waals surface area contributed by atoms with Crippen LogP contribution in [0.4, 0.5) is 0 Å². The Balaban J connectivity index is 3.27. The number of nitrogens with zero attached hydrogens (tertiary/aromatic N) is 2. The van der Waals surface area contributed by atoms with Crippen molar-refractivity contribution in [1.82, 2.24) is 4.37 Å². The molecule has 0 aromatic carbocycles. The van der Waals surface area contributed by atoms with Crippen LogP contribution in [0.15, 0.2) is 0 Å². The highest BCUT2D eigenvalue weighted by atomic mass is 35.5. The van der Waals surface area contributed by atoms with Gasteiger partial charge < -0.3 is 0 Å². The molecular weight excluding hydrogens is 156 g/mol. The normalized spacial score (nSPS) is 9.00. The Kier molecular flexibility index (Phi) is 1.70. The standard InChI is InChI=1S/C5H3ClN2S/c1-3-4(2-7)5(6)9-8-3/h1H3. The number of halogens is 1. The summed E-state index contributed by atoms with van der Waals surface area (Å²) < 4.78 is 4.36. The lowest BCUT2D eigenvalue weighted by Gasteiger charge is -1.78. The molecule has 46 valence electrons. The van der Waals surface area contributed by atoms with E-state index in [9.17, 15) is 0 Å². The highest BCUT2D eigenvalue weighted by molar-refractivity contribution is 7.10. The van der Waals surface area contributed by atoms with Gasteiger partial charge in [0.05, 0.1) is 5.69 Å². The molecule has 0 atom stereocenters. The van der Waals surface area contributed by atoms with Crippen LogP contribution < -0.4 is 0 Å². The second kappa shape index (κ2) is 2.34. The van der Waals surface area contributed by atoms with Gasteiger partial charge >= 0.3 is 0 Å². The molecule has 0 aliphatic carbocycles. The summed E-state index contributed by atoms with van der Waals surface area (Å²) in [6.07, 6.45) is 0. The predicted molar refractivity (Wildman–Crippen MR) is 36.6 cm³/mol. The SMILES string of the molecule is Cc1nsc(Cl)c1C#N. The van der Waals surface area contributed by atoms with E-state index in [2.05, 4.69) is 4.37 Å². The molecule has 0 spiro atoms. The molecule has 0 aliphatic heterocycles. The summed E-state index contributed by atoms with van der Waals surface area (Å²) >= 11 is 6.73. The van der Waals surface area contributed by atoms with Crippen LogP contribution in [-0.2, 0) is 0 Å². The van der Waals surface area contributed by atoms with Crippen molar-refractivity contribution < 1.29 is 0 Å². The molecule has 1 heterocycles. The molecule has 1 aromatic heterocycles. The third kappa shape index (κ3) is 1.04. The smallest absolute Gasteiger partial charge is 0.132 e. The Hall–Kier alpha value is -0.590. The monoisotopic (exact) mass is 158 g/mol. The molecular formula is C5H3ClN2S. The van der Waals surface area contributed by atoms with Crippen LogP contribution in [0.25, 0.3) is 0 Å². The van der Waals surface area contributed by atoms with Gasteiger partial charge in [0.25, 0.3) is 0 Å². The van der Waals surface area contributed by atoms with Gasteiger partial charge in [0.2, 0.25) is 0 Å². The van der Waals surface area contributed by atoms with Gasteiger partial charge in [-0.05, 0) is 18.5 Å². The van der Waals surface area contributed by atoms with Gasteiger partial charge in [0.15, 0.2) is 0 Å². The Morgan fingerprint density at radius 2 is 2.44 bits per heavy atom. The first-order valence-corrected chi connectivity index (χ1v) is 3.42. The maximum Gasteiger partial charge on any atom is 0.132 e. The fraction of sp³-hybridized carbons (Fsp3) is 0.200. The minimum absolute atomic E-state index is 0.481. The average molecular weight is 159 g/mol. The number of rotatable bonds is 0. The molecule has 0 saturated carbocycles. The fourth-order valence-electron chi connectivity index (χ4n) is 0.467. The minimum atomic E-state index is 0.481. The van der Waals surface area contributed by atoms with Gasteiger partial charge in [0.1, 0.15) is 16.0 Å². The van der Waals surface area contributed by atoms with E-state index in [0.717, 1.165) is 11.5 Å². The summed E-state index contributed by atoms with van der Waals surface area (Å²) in [5, 5.41) is 8.42. The second-order valence-electron chi connectivity index (χ2n) is 1.53. The summed E-state index contributed by atoms with van der Waals surface area (Å²) in [4.78, 5) is 0. The first-order valence-electron chi connectivity index (χ1n) is 2.27. The highest BCUT2D eigenvalue weighted by Crippen LogP contribution is 2.22. The number of aryl methyl sites for hydroxylation is 1. The quantitative estimate of drug-likeness (QED) is 0.579. The molecule has 0 fully saturated rings. The van der Waals surface area contributed by atoms with E-state index < -0.39 is 0 Å². The Bertz CT molecular complexity index is 241. The van der Waals surface area contributed by atoms with Crippen LogP contribution in [-0.4, -0.2) is 4.37 Å². The summed E-state index contributed by atoms with van der Waals surface area (Å²) in [5.74, 6) is 0. The van der Waals surface area contributed by atoms with Gasteiger partial charge in [-0.15, -0.1) is 0 Å². The van der Waals surface area contributed by atoms with Gasteiger partial charge in [0, 0.05) is 0 Å². The molecule has 0 bridgehead atoms. The topological polar surface area (TPSA) is 36.7 Å². The van der Waals surface area contributed by atoms with Crippen LogP contribution in [0.1, 0.15) is 11.3 Å². The molecule has 4 heteroatoms. The Morgan fingerprint density at radius 3 is 2.67 bits per heavy atom. The Labute approximate surface area is 61.9 Å². The van der Waals surface area contributed by atoms with E-state index in [0.29, 0.717) is 15.6 Å². The van der Waals surface area contributed by atoms with Crippen LogP contribution in [0, 0.1) is 18.3 Å². The molecule has 1 aromatic rings. The predicted octanol–water partition coefficient (Wildman–Crippen LogP) is 1.98. The molecule has 1 rings (SSSR count). The molecule has 9 heavy (non-hydrogen) atoms. The average Bonchev–Trinajstić information content (AvgIpc) is 2.12. The van der Waals surface area contributed by atoms with E-state index in [1.807, 2.05) is 6.07 Å². The van der Waals surface area contributed by atoms with E-state index >= 15 is 0 Å². The maximum atomic E-state index is 8.42. The molecule has 0 aliphatic rings.